The Labute approximate surface area is 116 Å². The SMILES string of the molecule is Cc1[nH]nc(C(=O)N(Cc2cccs2)C(C)C)c1N. The number of thiophene rings is 1. The van der Waals surface area contributed by atoms with Gasteiger partial charge in [0.15, 0.2) is 5.69 Å². The van der Waals surface area contributed by atoms with Gasteiger partial charge in [0.1, 0.15) is 0 Å². The summed E-state index contributed by atoms with van der Waals surface area (Å²) in [6.07, 6.45) is 0. The molecule has 1 amide bonds. The second-order valence-corrected chi connectivity index (χ2v) is 5.75. The number of H-pyrrole nitrogens is 1. The molecule has 2 aromatic rings. The van der Waals surface area contributed by atoms with E-state index in [1.807, 2.05) is 31.4 Å². The molecule has 2 rings (SSSR count). The van der Waals surface area contributed by atoms with Crippen LogP contribution in [-0.2, 0) is 6.54 Å². The molecule has 3 N–H and O–H groups in total. The van der Waals surface area contributed by atoms with Crippen LogP contribution >= 0.6 is 11.3 Å². The molecule has 2 aromatic heterocycles. The molecule has 2 heterocycles. The number of hydrogen-bond donors (Lipinski definition) is 2. The summed E-state index contributed by atoms with van der Waals surface area (Å²) in [5.41, 5.74) is 7.34. The van der Waals surface area contributed by atoms with Crippen molar-refractivity contribution >= 4 is 22.9 Å². The number of aromatic nitrogens is 2. The summed E-state index contributed by atoms with van der Waals surface area (Å²) in [7, 11) is 0. The van der Waals surface area contributed by atoms with Crippen LogP contribution in [0.5, 0.6) is 0 Å². The lowest BCUT2D eigenvalue weighted by atomic mass is 10.2. The predicted octanol–water partition coefficient (Wildman–Crippen LogP) is 2.41. The number of aromatic amines is 1. The van der Waals surface area contributed by atoms with E-state index in [4.69, 9.17) is 5.73 Å². The fourth-order valence-electron chi connectivity index (χ4n) is 1.80. The van der Waals surface area contributed by atoms with Gasteiger partial charge in [0.25, 0.3) is 5.91 Å². The number of carbonyl (C=O) groups is 1. The Morgan fingerprint density at radius 2 is 2.32 bits per heavy atom. The number of hydrogen-bond acceptors (Lipinski definition) is 4. The minimum absolute atomic E-state index is 0.0889. The van der Waals surface area contributed by atoms with Crippen LogP contribution in [0.15, 0.2) is 17.5 Å². The van der Waals surface area contributed by atoms with Gasteiger partial charge in [-0.25, -0.2) is 0 Å². The van der Waals surface area contributed by atoms with Gasteiger partial charge in [0.2, 0.25) is 0 Å². The first kappa shape index (κ1) is 13.6. The van der Waals surface area contributed by atoms with Gasteiger partial charge in [-0.15, -0.1) is 11.3 Å². The number of nitrogen functional groups attached to an aromatic ring is 1. The summed E-state index contributed by atoms with van der Waals surface area (Å²) in [5, 5.41) is 8.77. The molecular formula is C13H18N4OS. The minimum atomic E-state index is -0.134. The zero-order valence-electron chi connectivity index (χ0n) is 11.3. The van der Waals surface area contributed by atoms with Crippen molar-refractivity contribution < 1.29 is 4.79 Å². The van der Waals surface area contributed by atoms with Crippen LogP contribution in [0.4, 0.5) is 5.69 Å². The molecule has 5 nitrogen and oxygen atoms in total. The van der Waals surface area contributed by atoms with Gasteiger partial charge in [-0.1, -0.05) is 6.07 Å². The van der Waals surface area contributed by atoms with Crippen LogP contribution < -0.4 is 5.73 Å². The Morgan fingerprint density at radius 3 is 2.79 bits per heavy atom. The van der Waals surface area contributed by atoms with Crippen LogP contribution in [-0.4, -0.2) is 27.0 Å². The summed E-state index contributed by atoms with van der Waals surface area (Å²) < 4.78 is 0. The van der Waals surface area contributed by atoms with Crippen LogP contribution in [0.3, 0.4) is 0 Å². The molecule has 0 spiro atoms. The highest BCUT2D eigenvalue weighted by Gasteiger charge is 2.24. The van der Waals surface area contributed by atoms with E-state index >= 15 is 0 Å². The standard InChI is InChI=1S/C13H18N4OS/c1-8(2)17(7-10-5-4-6-19-10)13(18)12-11(14)9(3)15-16-12/h4-6,8H,7,14H2,1-3H3,(H,15,16). The molecule has 6 heteroatoms. The van der Waals surface area contributed by atoms with Gasteiger partial charge in [-0.05, 0) is 32.2 Å². The number of nitrogens with one attached hydrogen (secondary N) is 1. The molecule has 0 aliphatic carbocycles. The van der Waals surface area contributed by atoms with E-state index in [0.717, 1.165) is 10.6 Å². The summed E-state index contributed by atoms with van der Waals surface area (Å²) in [6.45, 7) is 6.36. The maximum absolute atomic E-state index is 12.5. The zero-order chi connectivity index (χ0) is 14.0. The maximum atomic E-state index is 12.5. The van der Waals surface area contributed by atoms with Crippen molar-refractivity contribution in [3.63, 3.8) is 0 Å². The molecule has 102 valence electrons. The number of amides is 1. The lowest BCUT2D eigenvalue weighted by Gasteiger charge is -2.25. The summed E-state index contributed by atoms with van der Waals surface area (Å²) >= 11 is 1.64. The van der Waals surface area contributed by atoms with Gasteiger partial charge >= 0.3 is 0 Å². The number of anilines is 1. The first-order chi connectivity index (χ1) is 9.00. The molecule has 0 saturated heterocycles. The highest BCUT2D eigenvalue weighted by molar-refractivity contribution is 7.09. The van der Waals surface area contributed by atoms with Gasteiger partial charge < -0.3 is 10.6 Å². The second kappa shape index (κ2) is 5.44. The summed E-state index contributed by atoms with van der Waals surface area (Å²) in [6, 6.07) is 4.09. The van der Waals surface area contributed by atoms with E-state index in [2.05, 4.69) is 10.2 Å². The van der Waals surface area contributed by atoms with E-state index in [1.54, 1.807) is 23.2 Å². The van der Waals surface area contributed by atoms with E-state index in [0.29, 0.717) is 17.9 Å². The Hall–Kier alpha value is -1.82. The van der Waals surface area contributed by atoms with Crippen molar-refractivity contribution in [1.82, 2.24) is 15.1 Å². The molecule has 0 fully saturated rings. The minimum Gasteiger partial charge on any atom is -0.395 e. The Bertz CT molecular complexity index is 559. The largest absolute Gasteiger partial charge is 0.395 e. The third-order valence-electron chi connectivity index (χ3n) is 2.99. The van der Waals surface area contributed by atoms with Gasteiger partial charge in [-0.2, -0.15) is 5.10 Å². The molecule has 0 aliphatic rings. The summed E-state index contributed by atoms with van der Waals surface area (Å²) in [4.78, 5) is 15.4. The number of nitrogens with zero attached hydrogens (tertiary/aromatic N) is 2. The molecule has 0 saturated carbocycles. The van der Waals surface area contributed by atoms with Crippen molar-refractivity contribution in [3.05, 3.63) is 33.8 Å². The van der Waals surface area contributed by atoms with Crippen LogP contribution in [0.25, 0.3) is 0 Å². The maximum Gasteiger partial charge on any atom is 0.277 e. The average molecular weight is 278 g/mol. The van der Waals surface area contributed by atoms with E-state index in [-0.39, 0.29) is 11.9 Å². The highest BCUT2D eigenvalue weighted by atomic mass is 32.1. The molecule has 0 atom stereocenters. The predicted molar refractivity (Wildman–Crippen MR) is 77.1 cm³/mol. The molecule has 0 bridgehead atoms. The van der Waals surface area contributed by atoms with Crippen LogP contribution in [0.2, 0.25) is 0 Å². The first-order valence-electron chi connectivity index (χ1n) is 6.14. The van der Waals surface area contributed by atoms with Crippen molar-refractivity contribution in [2.45, 2.75) is 33.4 Å². The molecule has 0 aliphatic heterocycles. The fraction of sp³-hybridized carbons (Fsp3) is 0.385. The highest BCUT2D eigenvalue weighted by Crippen LogP contribution is 2.20. The number of rotatable bonds is 4. The van der Waals surface area contributed by atoms with Crippen molar-refractivity contribution in [2.24, 2.45) is 0 Å². The Kier molecular flexibility index (Phi) is 3.90. The third-order valence-corrected chi connectivity index (χ3v) is 3.85. The van der Waals surface area contributed by atoms with Crippen LogP contribution in [0.1, 0.15) is 34.9 Å². The average Bonchev–Trinajstić information content (AvgIpc) is 2.97. The Balaban J connectivity index is 2.24. The lowest BCUT2D eigenvalue weighted by Crippen LogP contribution is -2.36. The fourth-order valence-corrected chi connectivity index (χ4v) is 2.50. The monoisotopic (exact) mass is 278 g/mol. The molecule has 0 radical (unpaired) electrons. The number of nitrogens with two attached hydrogens (primary N) is 1. The number of carbonyl (C=O) groups excluding carboxylic acids is 1. The van der Waals surface area contributed by atoms with Crippen molar-refractivity contribution in [1.29, 1.82) is 0 Å². The second-order valence-electron chi connectivity index (χ2n) is 4.72. The zero-order valence-corrected chi connectivity index (χ0v) is 12.1. The van der Waals surface area contributed by atoms with Gasteiger partial charge in [0.05, 0.1) is 17.9 Å². The number of aryl methyl sites for hydroxylation is 1. The van der Waals surface area contributed by atoms with Gasteiger partial charge in [-0.3, -0.25) is 9.89 Å². The normalized spacial score (nSPS) is 10.9. The third kappa shape index (κ3) is 2.78. The van der Waals surface area contributed by atoms with E-state index in [1.165, 1.54) is 0 Å². The van der Waals surface area contributed by atoms with Gasteiger partial charge in [0, 0.05) is 10.9 Å². The topological polar surface area (TPSA) is 75.0 Å². The molecular weight excluding hydrogens is 260 g/mol. The Morgan fingerprint density at radius 1 is 1.58 bits per heavy atom. The van der Waals surface area contributed by atoms with E-state index < -0.39 is 0 Å². The van der Waals surface area contributed by atoms with E-state index in [9.17, 15) is 4.79 Å². The molecule has 0 aromatic carbocycles. The van der Waals surface area contributed by atoms with Crippen molar-refractivity contribution in [2.75, 3.05) is 5.73 Å². The first-order valence-corrected chi connectivity index (χ1v) is 7.02. The van der Waals surface area contributed by atoms with Crippen molar-refractivity contribution in [3.8, 4) is 0 Å². The smallest absolute Gasteiger partial charge is 0.277 e. The summed E-state index contributed by atoms with van der Waals surface area (Å²) in [5.74, 6) is -0.134. The van der Waals surface area contributed by atoms with Crippen LogP contribution in [0, 0.1) is 6.92 Å². The molecule has 0 unspecified atom stereocenters. The quantitative estimate of drug-likeness (QED) is 0.901. The lowest BCUT2D eigenvalue weighted by molar-refractivity contribution is 0.0687. The molecule has 19 heavy (non-hydrogen) atoms.